The van der Waals surface area contributed by atoms with E-state index in [1.807, 2.05) is 0 Å². The van der Waals surface area contributed by atoms with Crippen LogP contribution >= 0.6 is 0 Å². The third-order valence-corrected chi connectivity index (χ3v) is 3.03. The molecule has 1 aromatic carbocycles. The van der Waals surface area contributed by atoms with E-state index in [0.717, 1.165) is 13.2 Å². The van der Waals surface area contributed by atoms with Crippen LogP contribution in [-0.2, 0) is 9.47 Å². The Balaban J connectivity index is 2.31. The fraction of sp³-hybridized carbons (Fsp3) is 0.600. The van der Waals surface area contributed by atoms with Gasteiger partial charge < -0.3 is 14.8 Å². The van der Waals surface area contributed by atoms with Crippen molar-refractivity contribution in [1.82, 2.24) is 5.32 Å². The Morgan fingerprint density at radius 1 is 1.17 bits per heavy atom. The summed E-state index contributed by atoms with van der Waals surface area (Å²) in [7, 11) is 1.68. The van der Waals surface area contributed by atoms with Crippen molar-refractivity contribution in [3.63, 3.8) is 0 Å². The smallest absolute Gasteiger partial charge is 0.0700 e. The fourth-order valence-electron chi connectivity index (χ4n) is 1.93. The normalized spacial score (nSPS) is 12.7. The molecule has 1 rings (SSSR count). The molecule has 0 aliphatic rings. The van der Waals surface area contributed by atoms with Crippen LogP contribution in [0.4, 0.5) is 0 Å². The van der Waals surface area contributed by atoms with Crippen LogP contribution in [0.15, 0.2) is 18.2 Å². The number of aryl methyl sites for hydroxylation is 2. The second-order valence-corrected chi connectivity index (χ2v) is 4.64. The summed E-state index contributed by atoms with van der Waals surface area (Å²) in [4.78, 5) is 0. The highest BCUT2D eigenvalue weighted by Crippen LogP contribution is 2.18. The second kappa shape index (κ2) is 8.25. The van der Waals surface area contributed by atoms with E-state index in [-0.39, 0.29) is 0 Å². The number of rotatable bonds is 8. The summed E-state index contributed by atoms with van der Waals surface area (Å²) in [5, 5.41) is 3.48. The van der Waals surface area contributed by atoms with E-state index in [2.05, 4.69) is 44.3 Å². The molecule has 0 aliphatic heterocycles. The van der Waals surface area contributed by atoms with Crippen LogP contribution in [0.5, 0.6) is 0 Å². The molecule has 3 heteroatoms. The highest BCUT2D eigenvalue weighted by atomic mass is 16.5. The van der Waals surface area contributed by atoms with Crippen LogP contribution in [0, 0.1) is 13.8 Å². The van der Waals surface area contributed by atoms with Gasteiger partial charge in [-0.25, -0.2) is 0 Å². The minimum absolute atomic E-state index is 0.357. The number of hydrogen-bond donors (Lipinski definition) is 1. The summed E-state index contributed by atoms with van der Waals surface area (Å²) in [6, 6.07) is 6.94. The molecule has 18 heavy (non-hydrogen) atoms. The first-order chi connectivity index (χ1) is 8.65. The maximum Gasteiger partial charge on any atom is 0.0700 e. The molecule has 0 bridgehead atoms. The Kier molecular flexibility index (Phi) is 6.94. The lowest BCUT2D eigenvalue weighted by molar-refractivity contribution is 0.0712. The molecule has 0 radical (unpaired) electrons. The van der Waals surface area contributed by atoms with Gasteiger partial charge in [-0.15, -0.1) is 0 Å². The van der Waals surface area contributed by atoms with Gasteiger partial charge >= 0.3 is 0 Å². The van der Waals surface area contributed by atoms with Crippen molar-refractivity contribution in [2.24, 2.45) is 0 Å². The quantitative estimate of drug-likeness (QED) is 0.720. The van der Waals surface area contributed by atoms with Gasteiger partial charge in [-0.1, -0.05) is 23.8 Å². The summed E-state index contributed by atoms with van der Waals surface area (Å²) in [6.45, 7) is 9.38. The molecule has 1 atom stereocenters. The predicted octanol–water partition coefficient (Wildman–Crippen LogP) is 2.62. The molecule has 1 N–H and O–H groups in total. The van der Waals surface area contributed by atoms with Crippen molar-refractivity contribution in [2.45, 2.75) is 26.8 Å². The summed E-state index contributed by atoms with van der Waals surface area (Å²) in [5.41, 5.74) is 4.01. The fourth-order valence-corrected chi connectivity index (χ4v) is 1.93. The minimum Gasteiger partial charge on any atom is -0.382 e. The highest BCUT2D eigenvalue weighted by Gasteiger charge is 2.07. The molecule has 0 aromatic heterocycles. The summed E-state index contributed by atoms with van der Waals surface area (Å²) in [6.07, 6.45) is 0. The molecule has 0 heterocycles. The van der Waals surface area contributed by atoms with Crippen molar-refractivity contribution in [3.05, 3.63) is 34.9 Å². The van der Waals surface area contributed by atoms with Gasteiger partial charge in [-0.3, -0.25) is 0 Å². The highest BCUT2D eigenvalue weighted by molar-refractivity contribution is 5.32. The lowest BCUT2D eigenvalue weighted by Gasteiger charge is -2.17. The van der Waals surface area contributed by atoms with Gasteiger partial charge in [0.2, 0.25) is 0 Å². The third kappa shape index (κ3) is 5.17. The molecule has 102 valence electrons. The summed E-state index contributed by atoms with van der Waals surface area (Å²) < 4.78 is 10.3. The van der Waals surface area contributed by atoms with Gasteiger partial charge in [0.1, 0.15) is 0 Å². The molecular weight excluding hydrogens is 226 g/mol. The number of benzene rings is 1. The van der Waals surface area contributed by atoms with Gasteiger partial charge in [0.05, 0.1) is 19.8 Å². The van der Waals surface area contributed by atoms with Gasteiger partial charge in [-0.2, -0.15) is 0 Å². The Labute approximate surface area is 110 Å². The van der Waals surface area contributed by atoms with E-state index in [9.17, 15) is 0 Å². The van der Waals surface area contributed by atoms with E-state index >= 15 is 0 Å². The zero-order chi connectivity index (χ0) is 13.4. The molecular formula is C15H25NO2. The maximum absolute atomic E-state index is 5.43. The van der Waals surface area contributed by atoms with Crippen molar-refractivity contribution in [3.8, 4) is 0 Å². The number of ether oxygens (including phenoxy) is 2. The largest absolute Gasteiger partial charge is 0.382 e. The second-order valence-electron chi connectivity index (χ2n) is 4.64. The molecule has 0 spiro atoms. The van der Waals surface area contributed by atoms with Crippen LogP contribution in [0.3, 0.4) is 0 Å². The zero-order valence-electron chi connectivity index (χ0n) is 12.0. The Hall–Kier alpha value is -0.900. The minimum atomic E-state index is 0.357. The lowest BCUT2D eigenvalue weighted by atomic mass is 10.00. The first-order valence-electron chi connectivity index (χ1n) is 6.52. The summed E-state index contributed by atoms with van der Waals surface area (Å²) >= 11 is 0. The van der Waals surface area contributed by atoms with Crippen molar-refractivity contribution in [1.29, 1.82) is 0 Å². The Morgan fingerprint density at radius 2 is 1.94 bits per heavy atom. The molecule has 0 saturated heterocycles. The monoisotopic (exact) mass is 251 g/mol. The molecule has 0 aliphatic carbocycles. The van der Waals surface area contributed by atoms with E-state index in [1.54, 1.807) is 7.11 Å². The first-order valence-corrected chi connectivity index (χ1v) is 6.52. The molecule has 0 saturated carbocycles. The average Bonchev–Trinajstić information content (AvgIpc) is 2.36. The van der Waals surface area contributed by atoms with Crippen molar-refractivity contribution < 1.29 is 9.47 Å². The molecule has 1 aromatic rings. The average molecular weight is 251 g/mol. The van der Waals surface area contributed by atoms with E-state index in [1.165, 1.54) is 16.7 Å². The van der Waals surface area contributed by atoms with Crippen LogP contribution in [0.2, 0.25) is 0 Å². The maximum atomic E-state index is 5.43. The van der Waals surface area contributed by atoms with Crippen LogP contribution in [0.25, 0.3) is 0 Å². The van der Waals surface area contributed by atoms with Crippen LogP contribution in [0.1, 0.15) is 29.7 Å². The number of methoxy groups -OCH3 is 1. The Bertz CT molecular complexity index is 352. The van der Waals surface area contributed by atoms with E-state index in [4.69, 9.17) is 9.47 Å². The molecule has 0 amide bonds. The molecule has 3 nitrogen and oxygen atoms in total. The van der Waals surface area contributed by atoms with Crippen molar-refractivity contribution in [2.75, 3.05) is 33.5 Å². The SMILES string of the molecule is COCCOCCNC(C)c1cc(C)ccc1C. The standard InChI is InChI=1S/C15H25NO2/c1-12-5-6-13(2)15(11-12)14(3)16-7-8-18-10-9-17-4/h5-6,11,14,16H,7-10H2,1-4H3. The van der Waals surface area contributed by atoms with Gasteiger partial charge in [0, 0.05) is 19.7 Å². The van der Waals surface area contributed by atoms with Crippen LogP contribution in [-0.4, -0.2) is 33.5 Å². The number of hydrogen-bond acceptors (Lipinski definition) is 3. The third-order valence-electron chi connectivity index (χ3n) is 3.03. The zero-order valence-corrected chi connectivity index (χ0v) is 12.0. The Morgan fingerprint density at radius 3 is 2.67 bits per heavy atom. The topological polar surface area (TPSA) is 30.5 Å². The molecule has 1 unspecified atom stereocenters. The van der Waals surface area contributed by atoms with Crippen LogP contribution < -0.4 is 5.32 Å². The van der Waals surface area contributed by atoms with E-state index < -0.39 is 0 Å². The van der Waals surface area contributed by atoms with Gasteiger partial charge in [0.15, 0.2) is 0 Å². The predicted molar refractivity (Wildman–Crippen MR) is 75.0 cm³/mol. The van der Waals surface area contributed by atoms with Crippen molar-refractivity contribution >= 4 is 0 Å². The van der Waals surface area contributed by atoms with E-state index in [0.29, 0.717) is 19.3 Å². The summed E-state index contributed by atoms with van der Waals surface area (Å²) in [5.74, 6) is 0. The van der Waals surface area contributed by atoms with Gasteiger partial charge in [-0.05, 0) is 31.9 Å². The number of nitrogens with one attached hydrogen (secondary N) is 1. The lowest BCUT2D eigenvalue weighted by Crippen LogP contribution is -2.24. The first kappa shape index (κ1) is 15.2. The van der Waals surface area contributed by atoms with Gasteiger partial charge in [0.25, 0.3) is 0 Å². The molecule has 0 fully saturated rings.